The van der Waals surface area contributed by atoms with Gasteiger partial charge in [0.05, 0.1) is 24.4 Å². The zero-order valence-corrected chi connectivity index (χ0v) is 15.2. The van der Waals surface area contributed by atoms with Crippen molar-refractivity contribution >= 4 is 23.7 Å². The molecule has 1 aromatic rings. The lowest BCUT2D eigenvalue weighted by atomic mass is 9.76. The number of esters is 1. The topological polar surface area (TPSA) is 157 Å². The van der Waals surface area contributed by atoms with E-state index in [2.05, 4.69) is 20.6 Å². The maximum Gasteiger partial charge on any atom is 0.490 e. The maximum absolute atomic E-state index is 12.1. The van der Waals surface area contributed by atoms with Gasteiger partial charge in [0.25, 0.3) is 5.91 Å². The SMILES string of the molecule is Nc1cnc(C(=O)NCC2CC3(CCNCC3)C(=O)O2)cn1.O=C(O)C(F)(F)F. The van der Waals surface area contributed by atoms with Gasteiger partial charge in [0.2, 0.25) is 0 Å². The van der Waals surface area contributed by atoms with Crippen molar-refractivity contribution in [2.24, 2.45) is 5.41 Å². The van der Waals surface area contributed by atoms with E-state index in [-0.39, 0.29) is 41.5 Å². The van der Waals surface area contributed by atoms with Crippen molar-refractivity contribution < 1.29 is 37.4 Å². The molecule has 1 aromatic heterocycles. The van der Waals surface area contributed by atoms with Crippen LogP contribution in [0.2, 0.25) is 0 Å². The molecule has 0 saturated carbocycles. The Morgan fingerprint density at radius 3 is 2.45 bits per heavy atom. The Morgan fingerprint density at radius 1 is 1.31 bits per heavy atom. The Kier molecular flexibility index (Phi) is 6.95. The number of amides is 1. The summed E-state index contributed by atoms with van der Waals surface area (Å²) in [5.41, 5.74) is 5.24. The molecule has 0 aliphatic carbocycles. The largest absolute Gasteiger partial charge is 0.490 e. The van der Waals surface area contributed by atoms with Gasteiger partial charge in [-0.15, -0.1) is 0 Å². The highest BCUT2D eigenvalue weighted by molar-refractivity contribution is 5.92. The lowest BCUT2D eigenvalue weighted by molar-refractivity contribution is -0.192. The van der Waals surface area contributed by atoms with Crippen molar-refractivity contribution in [2.45, 2.75) is 31.5 Å². The van der Waals surface area contributed by atoms with Crippen molar-refractivity contribution in [3.63, 3.8) is 0 Å². The number of carbonyl (C=O) groups excluding carboxylic acids is 2. The van der Waals surface area contributed by atoms with Crippen molar-refractivity contribution in [3.05, 3.63) is 18.1 Å². The molecule has 1 unspecified atom stereocenters. The molecule has 2 fully saturated rings. The molecule has 0 radical (unpaired) electrons. The number of ether oxygens (including phenoxy) is 1. The predicted octanol–water partition coefficient (Wildman–Crippen LogP) is 0.107. The third kappa shape index (κ3) is 6.01. The maximum atomic E-state index is 12.1. The number of nitrogens with two attached hydrogens (primary N) is 1. The zero-order chi connectivity index (χ0) is 21.7. The number of nitrogens with one attached hydrogen (secondary N) is 2. The number of anilines is 1. The molecule has 0 bridgehead atoms. The van der Waals surface area contributed by atoms with E-state index >= 15 is 0 Å². The van der Waals surface area contributed by atoms with Crippen LogP contribution in [0.3, 0.4) is 0 Å². The van der Waals surface area contributed by atoms with Gasteiger partial charge in [-0.2, -0.15) is 13.2 Å². The van der Waals surface area contributed by atoms with Gasteiger partial charge in [0.1, 0.15) is 17.6 Å². The average molecular weight is 419 g/mol. The normalized spacial score (nSPS) is 20.4. The summed E-state index contributed by atoms with van der Waals surface area (Å²) in [7, 11) is 0. The fourth-order valence-electron chi connectivity index (χ4n) is 3.02. The highest BCUT2D eigenvalue weighted by Crippen LogP contribution is 2.41. The van der Waals surface area contributed by atoms with Crippen LogP contribution in [0.25, 0.3) is 0 Å². The summed E-state index contributed by atoms with van der Waals surface area (Å²) in [4.78, 5) is 40.7. The molecule has 10 nitrogen and oxygen atoms in total. The first-order chi connectivity index (χ1) is 13.5. The third-order valence-corrected chi connectivity index (χ3v) is 4.52. The molecule has 3 heterocycles. The van der Waals surface area contributed by atoms with Crippen LogP contribution in [0.5, 0.6) is 0 Å². The molecule has 29 heavy (non-hydrogen) atoms. The minimum absolute atomic E-state index is 0.138. The van der Waals surface area contributed by atoms with Crippen LogP contribution in [0.1, 0.15) is 29.8 Å². The van der Waals surface area contributed by atoms with E-state index in [1.54, 1.807) is 0 Å². The van der Waals surface area contributed by atoms with Crippen molar-refractivity contribution in [3.8, 4) is 0 Å². The molecule has 1 amide bonds. The van der Waals surface area contributed by atoms with E-state index in [4.69, 9.17) is 20.4 Å². The van der Waals surface area contributed by atoms with Crippen molar-refractivity contribution in [1.82, 2.24) is 20.6 Å². The highest BCUT2D eigenvalue weighted by Gasteiger charge is 2.49. The van der Waals surface area contributed by atoms with Gasteiger partial charge in [0.15, 0.2) is 0 Å². The zero-order valence-electron chi connectivity index (χ0n) is 15.2. The Bertz CT molecular complexity index is 750. The molecule has 3 rings (SSSR count). The van der Waals surface area contributed by atoms with E-state index in [0.717, 1.165) is 25.9 Å². The van der Waals surface area contributed by atoms with E-state index in [1.807, 2.05) is 0 Å². The number of carboxylic acid groups (broad SMARTS) is 1. The number of cyclic esters (lactones) is 1. The second kappa shape index (κ2) is 9.03. The molecule has 2 saturated heterocycles. The quantitative estimate of drug-likeness (QED) is 0.499. The van der Waals surface area contributed by atoms with Crippen LogP contribution < -0.4 is 16.4 Å². The number of halogens is 3. The second-order valence-corrected chi connectivity index (χ2v) is 6.60. The smallest absolute Gasteiger partial charge is 0.475 e. The fraction of sp³-hybridized carbons (Fsp3) is 0.562. The standard InChI is InChI=1S/C14H19N5O3.C2HF3O2/c15-11-8-17-10(7-18-11)12(20)19-6-9-5-14(13(21)22-9)1-3-16-4-2-14;3-2(4,5)1(6)7/h7-9,16H,1-6H2,(H2,15,18)(H,19,20);(H,6,7). The lowest BCUT2D eigenvalue weighted by Crippen LogP contribution is -2.39. The minimum Gasteiger partial charge on any atom is -0.475 e. The summed E-state index contributed by atoms with van der Waals surface area (Å²) in [6.45, 7) is 1.94. The first kappa shape index (κ1) is 22.3. The number of carboxylic acids is 1. The molecule has 13 heteroatoms. The number of aliphatic carboxylic acids is 1. The Hall–Kier alpha value is -2.96. The van der Waals surface area contributed by atoms with Gasteiger partial charge in [-0.25, -0.2) is 14.8 Å². The first-order valence-electron chi connectivity index (χ1n) is 8.61. The minimum atomic E-state index is -5.08. The van der Waals surface area contributed by atoms with Gasteiger partial charge < -0.3 is 26.2 Å². The molecular weight excluding hydrogens is 399 g/mol. The van der Waals surface area contributed by atoms with E-state index in [1.165, 1.54) is 12.4 Å². The van der Waals surface area contributed by atoms with Gasteiger partial charge >= 0.3 is 18.1 Å². The van der Waals surface area contributed by atoms with Crippen LogP contribution >= 0.6 is 0 Å². The summed E-state index contributed by atoms with van der Waals surface area (Å²) in [5.74, 6) is -2.99. The summed E-state index contributed by atoms with van der Waals surface area (Å²) >= 11 is 0. The monoisotopic (exact) mass is 419 g/mol. The molecule has 0 aromatic carbocycles. The number of alkyl halides is 3. The number of nitrogen functional groups attached to an aromatic ring is 1. The Morgan fingerprint density at radius 2 is 1.93 bits per heavy atom. The summed E-state index contributed by atoms with van der Waals surface area (Å²) in [6.07, 6.45) is -0.481. The number of carbonyl (C=O) groups is 3. The summed E-state index contributed by atoms with van der Waals surface area (Å²) in [5, 5.41) is 13.1. The van der Waals surface area contributed by atoms with Gasteiger partial charge in [-0.1, -0.05) is 0 Å². The van der Waals surface area contributed by atoms with Crippen LogP contribution in [-0.2, 0) is 14.3 Å². The van der Waals surface area contributed by atoms with Gasteiger partial charge in [-0.3, -0.25) is 9.59 Å². The lowest BCUT2D eigenvalue weighted by Gasteiger charge is -2.29. The molecular formula is C16H20F3N5O5. The number of nitrogens with zero attached hydrogens (tertiary/aromatic N) is 2. The number of piperidine rings is 1. The van der Waals surface area contributed by atoms with Gasteiger partial charge in [-0.05, 0) is 25.9 Å². The highest BCUT2D eigenvalue weighted by atomic mass is 19.4. The number of rotatable bonds is 3. The molecule has 1 spiro atoms. The molecule has 1 atom stereocenters. The third-order valence-electron chi connectivity index (χ3n) is 4.52. The predicted molar refractivity (Wildman–Crippen MR) is 91.5 cm³/mol. The van der Waals surface area contributed by atoms with Crippen molar-refractivity contribution in [1.29, 1.82) is 0 Å². The number of aromatic nitrogens is 2. The van der Waals surface area contributed by atoms with Crippen LogP contribution in [0, 0.1) is 5.41 Å². The fourth-order valence-corrected chi connectivity index (χ4v) is 3.02. The van der Waals surface area contributed by atoms with Crippen LogP contribution in [-0.4, -0.2) is 64.8 Å². The number of hydrogen-bond acceptors (Lipinski definition) is 8. The summed E-state index contributed by atoms with van der Waals surface area (Å²) in [6, 6.07) is 0. The van der Waals surface area contributed by atoms with Crippen LogP contribution in [0.4, 0.5) is 19.0 Å². The Labute approximate surface area is 163 Å². The average Bonchev–Trinajstić information content (AvgIpc) is 2.95. The first-order valence-corrected chi connectivity index (χ1v) is 8.61. The van der Waals surface area contributed by atoms with E-state index < -0.39 is 12.1 Å². The molecule has 160 valence electrons. The van der Waals surface area contributed by atoms with E-state index in [0.29, 0.717) is 6.42 Å². The molecule has 5 N–H and O–H groups in total. The van der Waals surface area contributed by atoms with E-state index in [9.17, 15) is 22.8 Å². The molecule has 2 aliphatic rings. The van der Waals surface area contributed by atoms with Crippen LogP contribution in [0.15, 0.2) is 12.4 Å². The van der Waals surface area contributed by atoms with Crippen molar-refractivity contribution in [2.75, 3.05) is 25.4 Å². The summed E-state index contributed by atoms with van der Waals surface area (Å²) < 4.78 is 37.2. The molecule has 2 aliphatic heterocycles. The van der Waals surface area contributed by atoms with Gasteiger partial charge in [0, 0.05) is 6.42 Å². The Balaban J connectivity index is 0.000000370. The second-order valence-electron chi connectivity index (χ2n) is 6.60. The number of hydrogen-bond donors (Lipinski definition) is 4.